The van der Waals surface area contributed by atoms with E-state index in [0.29, 0.717) is 5.92 Å². The van der Waals surface area contributed by atoms with Crippen LogP contribution in [-0.2, 0) is 9.59 Å². The smallest absolute Gasteiger partial charge is 0.244 e. The van der Waals surface area contributed by atoms with E-state index < -0.39 is 0 Å². The third-order valence-electron chi connectivity index (χ3n) is 3.11. The van der Waals surface area contributed by atoms with E-state index in [0.717, 1.165) is 19.5 Å². The van der Waals surface area contributed by atoms with Crippen molar-refractivity contribution in [2.24, 2.45) is 11.7 Å². The molecule has 2 saturated heterocycles. The van der Waals surface area contributed by atoms with Gasteiger partial charge in [0.15, 0.2) is 0 Å². The van der Waals surface area contributed by atoms with Crippen molar-refractivity contribution < 1.29 is 9.59 Å². The zero-order valence-electron chi connectivity index (χ0n) is 8.90. The Balaban J connectivity index is 2.03. The molecular weight excluding hydrogens is 194 g/mol. The molecule has 2 amide bonds. The number of nitrogens with zero attached hydrogens (tertiary/aromatic N) is 1. The van der Waals surface area contributed by atoms with Gasteiger partial charge < -0.3 is 5.73 Å². The van der Waals surface area contributed by atoms with Crippen molar-refractivity contribution in [2.75, 3.05) is 13.1 Å². The van der Waals surface area contributed by atoms with Crippen molar-refractivity contribution in [1.82, 2.24) is 10.2 Å². The van der Waals surface area contributed by atoms with Crippen molar-refractivity contribution in [2.45, 2.75) is 31.8 Å². The molecule has 3 N–H and O–H groups in total. The minimum Gasteiger partial charge on any atom is -0.327 e. The van der Waals surface area contributed by atoms with E-state index in [9.17, 15) is 9.59 Å². The van der Waals surface area contributed by atoms with Crippen LogP contribution in [0.15, 0.2) is 0 Å². The van der Waals surface area contributed by atoms with E-state index in [-0.39, 0.29) is 30.3 Å². The molecule has 0 bridgehead atoms. The van der Waals surface area contributed by atoms with Crippen LogP contribution in [0.25, 0.3) is 0 Å². The molecule has 0 saturated carbocycles. The number of hydrogen-bond donors (Lipinski definition) is 2. The van der Waals surface area contributed by atoms with Gasteiger partial charge in [-0.1, -0.05) is 6.92 Å². The zero-order valence-corrected chi connectivity index (χ0v) is 8.90. The van der Waals surface area contributed by atoms with Gasteiger partial charge in [-0.2, -0.15) is 0 Å². The van der Waals surface area contributed by atoms with Crippen LogP contribution < -0.4 is 11.1 Å². The standard InChI is InChI=1S/C10H17N3O2/c1-6-2-7(11)5-13(4-6)8-3-9(14)12-10(8)15/h6-8H,2-5,11H2,1H3,(H,12,14,15). The molecule has 3 atom stereocenters. The summed E-state index contributed by atoms with van der Waals surface area (Å²) in [5.41, 5.74) is 5.90. The zero-order chi connectivity index (χ0) is 11.0. The van der Waals surface area contributed by atoms with E-state index in [1.807, 2.05) is 4.90 Å². The van der Waals surface area contributed by atoms with E-state index in [2.05, 4.69) is 12.2 Å². The summed E-state index contributed by atoms with van der Waals surface area (Å²) in [5.74, 6) is 0.162. The van der Waals surface area contributed by atoms with Crippen molar-refractivity contribution in [3.05, 3.63) is 0 Å². The first kappa shape index (κ1) is 10.6. The van der Waals surface area contributed by atoms with Crippen LogP contribution in [0.2, 0.25) is 0 Å². The first-order valence-corrected chi connectivity index (χ1v) is 5.39. The molecule has 0 aliphatic carbocycles. The SMILES string of the molecule is CC1CC(N)CN(C2CC(=O)NC2=O)C1. The molecule has 0 spiro atoms. The quantitative estimate of drug-likeness (QED) is 0.549. The van der Waals surface area contributed by atoms with Gasteiger partial charge in [0.25, 0.3) is 0 Å². The van der Waals surface area contributed by atoms with E-state index in [4.69, 9.17) is 5.73 Å². The Bertz CT molecular complexity index is 282. The second-order valence-electron chi connectivity index (χ2n) is 4.69. The van der Waals surface area contributed by atoms with Gasteiger partial charge in [-0.3, -0.25) is 19.8 Å². The van der Waals surface area contributed by atoms with Crippen LogP contribution in [0.3, 0.4) is 0 Å². The van der Waals surface area contributed by atoms with Gasteiger partial charge in [-0.15, -0.1) is 0 Å². The van der Waals surface area contributed by atoms with E-state index >= 15 is 0 Å². The molecule has 0 aromatic rings. The number of likely N-dealkylation sites (tertiary alicyclic amines) is 1. The first-order chi connectivity index (χ1) is 7.06. The minimum absolute atomic E-state index is 0.122. The van der Waals surface area contributed by atoms with Gasteiger partial charge in [0.2, 0.25) is 11.8 Å². The highest BCUT2D eigenvalue weighted by Gasteiger charge is 2.38. The summed E-state index contributed by atoms with van der Waals surface area (Å²) in [6.07, 6.45) is 1.29. The van der Waals surface area contributed by atoms with Gasteiger partial charge in [-0.25, -0.2) is 0 Å². The van der Waals surface area contributed by atoms with Gasteiger partial charge >= 0.3 is 0 Å². The number of amides is 2. The Morgan fingerprint density at radius 1 is 1.40 bits per heavy atom. The van der Waals surface area contributed by atoms with Crippen LogP contribution in [0.1, 0.15) is 19.8 Å². The summed E-state index contributed by atoms with van der Waals surface area (Å²) < 4.78 is 0. The lowest BCUT2D eigenvalue weighted by molar-refractivity contribution is -0.126. The Morgan fingerprint density at radius 2 is 2.13 bits per heavy atom. The van der Waals surface area contributed by atoms with E-state index in [1.54, 1.807) is 0 Å². The minimum atomic E-state index is -0.286. The van der Waals surface area contributed by atoms with Crippen LogP contribution in [0.5, 0.6) is 0 Å². The van der Waals surface area contributed by atoms with Gasteiger partial charge in [-0.05, 0) is 12.3 Å². The highest BCUT2D eigenvalue weighted by Crippen LogP contribution is 2.20. The maximum atomic E-state index is 11.5. The van der Waals surface area contributed by atoms with Crippen LogP contribution in [0, 0.1) is 5.92 Å². The number of piperidine rings is 1. The maximum Gasteiger partial charge on any atom is 0.244 e. The molecule has 0 aromatic heterocycles. The van der Waals surface area contributed by atoms with E-state index in [1.165, 1.54) is 0 Å². The summed E-state index contributed by atoms with van der Waals surface area (Å²) in [6.45, 7) is 3.70. The lowest BCUT2D eigenvalue weighted by atomic mass is 9.95. The lowest BCUT2D eigenvalue weighted by Gasteiger charge is -2.37. The lowest BCUT2D eigenvalue weighted by Crippen LogP contribution is -2.52. The van der Waals surface area contributed by atoms with Gasteiger partial charge in [0.1, 0.15) is 0 Å². The molecule has 5 nitrogen and oxygen atoms in total. The molecule has 2 aliphatic heterocycles. The fraction of sp³-hybridized carbons (Fsp3) is 0.800. The summed E-state index contributed by atoms with van der Waals surface area (Å²) >= 11 is 0. The molecule has 84 valence electrons. The molecule has 2 aliphatic rings. The Labute approximate surface area is 89.0 Å². The second-order valence-corrected chi connectivity index (χ2v) is 4.69. The fourth-order valence-corrected chi connectivity index (χ4v) is 2.53. The Morgan fingerprint density at radius 3 is 2.67 bits per heavy atom. The van der Waals surface area contributed by atoms with Crippen LogP contribution >= 0.6 is 0 Å². The first-order valence-electron chi connectivity index (χ1n) is 5.39. The topological polar surface area (TPSA) is 75.4 Å². The Hall–Kier alpha value is -0.940. The molecule has 2 rings (SSSR count). The number of carbonyl (C=O) groups is 2. The maximum absolute atomic E-state index is 11.5. The molecule has 5 heteroatoms. The fourth-order valence-electron chi connectivity index (χ4n) is 2.53. The summed E-state index contributed by atoms with van der Waals surface area (Å²) in [6, 6.07) is -0.163. The van der Waals surface area contributed by atoms with Gasteiger partial charge in [0.05, 0.1) is 12.5 Å². The van der Waals surface area contributed by atoms with Crippen molar-refractivity contribution in [3.8, 4) is 0 Å². The largest absolute Gasteiger partial charge is 0.327 e. The summed E-state index contributed by atoms with van der Waals surface area (Å²) in [4.78, 5) is 24.6. The summed E-state index contributed by atoms with van der Waals surface area (Å²) in [7, 11) is 0. The predicted molar refractivity (Wildman–Crippen MR) is 54.9 cm³/mol. The number of nitrogens with two attached hydrogens (primary N) is 1. The third-order valence-corrected chi connectivity index (χ3v) is 3.11. The second kappa shape index (κ2) is 3.90. The molecule has 0 radical (unpaired) electrons. The number of carbonyl (C=O) groups excluding carboxylic acids is 2. The number of rotatable bonds is 1. The average Bonchev–Trinajstić information content (AvgIpc) is 2.43. The highest BCUT2D eigenvalue weighted by atomic mass is 16.2. The van der Waals surface area contributed by atoms with Crippen LogP contribution in [0.4, 0.5) is 0 Å². The number of hydrogen-bond acceptors (Lipinski definition) is 4. The number of nitrogens with one attached hydrogen (secondary N) is 1. The molecular formula is C10H17N3O2. The monoisotopic (exact) mass is 211 g/mol. The molecule has 0 aromatic carbocycles. The molecule has 2 fully saturated rings. The average molecular weight is 211 g/mol. The highest BCUT2D eigenvalue weighted by molar-refractivity contribution is 6.05. The molecule has 15 heavy (non-hydrogen) atoms. The van der Waals surface area contributed by atoms with Gasteiger partial charge in [0, 0.05) is 19.1 Å². The molecule has 2 heterocycles. The van der Waals surface area contributed by atoms with Crippen molar-refractivity contribution in [1.29, 1.82) is 0 Å². The third kappa shape index (κ3) is 2.18. The summed E-state index contributed by atoms with van der Waals surface area (Å²) in [5, 5.41) is 2.33. The normalized spacial score (nSPS) is 38.1. The molecule has 3 unspecified atom stereocenters. The Kier molecular flexibility index (Phi) is 2.75. The number of imide groups is 1. The predicted octanol–water partition coefficient (Wildman–Crippen LogP) is -0.929. The van der Waals surface area contributed by atoms with Crippen molar-refractivity contribution >= 4 is 11.8 Å². The van der Waals surface area contributed by atoms with Crippen molar-refractivity contribution in [3.63, 3.8) is 0 Å². The van der Waals surface area contributed by atoms with Crippen LogP contribution in [-0.4, -0.2) is 41.9 Å².